The Morgan fingerprint density at radius 1 is 1.08 bits per heavy atom. The summed E-state index contributed by atoms with van der Waals surface area (Å²) >= 11 is 0. The summed E-state index contributed by atoms with van der Waals surface area (Å²) in [6.07, 6.45) is 1.91. The van der Waals surface area contributed by atoms with Crippen LogP contribution in [0, 0.1) is 0 Å². The molecule has 2 aromatic carbocycles. The van der Waals surface area contributed by atoms with E-state index in [0.717, 1.165) is 29.7 Å². The maximum Gasteiger partial charge on any atom is 0.230 e. The van der Waals surface area contributed by atoms with Crippen molar-refractivity contribution in [2.45, 2.75) is 44.2 Å². The number of benzene rings is 2. The Hall–Kier alpha value is -2.66. The third-order valence-corrected chi connectivity index (χ3v) is 4.85. The second kappa shape index (κ2) is 7.70. The Labute approximate surface area is 154 Å². The first-order chi connectivity index (χ1) is 12.5. The van der Waals surface area contributed by atoms with Gasteiger partial charge < -0.3 is 16.4 Å². The van der Waals surface area contributed by atoms with Crippen LogP contribution in [0.25, 0.3) is 0 Å². The third kappa shape index (κ3) is 4.11. The molecule has 0 aliphatic heterocycles. The van der Waals surface area contributed by atoms with Crippen molar-refractivity contribution in [2.24, 2.45) is 5.73 Å². The topological polar surface area (TPSA) is 84.2 Å². The Morgan fingerprint density at radius 3 is 2.31 bits per heavy atom. The zero-order valence-electron chi connectivity index (χ0n) is 15.0. The highest BCUT2D eigenvalue weighted by atomic mass is 16.2. The number of hydrogen-bond acceptors (Lipinski definition) is 3. The minimum Gasteiger partial charge on any atom is -0.352 e. The summed E-state index contributed by atoms with van der Waals surface area (Å²) in [6, 6.07) is 17.0. The van der Waals surface area contributed by atoms with Crippen LogP contribution in [0.4, 0.5) is 5.69 Å². The second-order valence-electron chi connectivity index (χ2n) is 6.98. The Kier molecular flexibility index (Phi) is 5.38. The molecule has 0 radical (unpaired) electrons. The summed E-state index contributed by atoms with van der Waals surface area (Å²) < 4.78 is 0. The molecule has 0 aromatic heterocycles. The van der Waals surface area contributed by atoms with Gasteiger partial charge in [0.1, 0.15) is 0 Å². The monoisotopic (exact) mass is 351 g/mol. The molecular formula is C21H25N3O2. The number of amides is 2. The van der Waals surface area contributed by atoms with E-state index in [0.29, 0.717) is 6.54 Å². The van der Waals surface area contributed by atoms with Crippen molar-refractivity contribution in [3.63, 3.8) is 0 Å². The lowest BCUT2D eigenvalue weighted by Gasteiger charge is -2.20. The molecule has 0 bridgehead atoms. The molecule has 0 saturated heterocycles. The normalized spacial score (nSPS) is 15.8. The van der Waals surface area contributed by atoms with Gasteiger partial charge >= 0.3 is 0 Å². The minimum absolute atomic E-state index is 0.00184. The predicted octanol–water partition coefficient (Wildman–Crippen LogP) is 2.71. The van der Waals surface area contributed by atoms with Gasteiger partial charge in [0, 0.05) is 24.7 Å². The molecule has 136 valence electrons. The zero-order valence-corrected chi connectivity index (χ0v) is 15.0. The van der Waals surface area contributed by atoms with Crippen molar-refractivity contribution >= 4 is 17.5 Å². The molecule has 2 aromatic rings. The van der Waals surface area contributed by atoms with E-state index in [1.165, 1.54) is 0 Å². The lowest BCUT2D eigenvalue weighted by atomic mass is 9.93. The highest BCUT2D eigenvalue weighted by molar-refractivity contribution is 5.93. The number of carbonyl (C=O) groups excluding carboxylic acids is 2. The van der Waals surface area contributed by atoms with Gasteiger partial charge in [-0.25, -0.2) is 0 Å². The first-order valence-electron chi connectivity index (χ1n) is 8.99. The lowest BCUT2D eigenvalue weighted by Crippen LogP contribution is -2.41. The average molecular weight is 351 g/mol. The SMILES string of the molecule is CC(CC(=O)Nc1ccccc1)NC(=O)C1(c2ccc(CN)cc2)CC1. The molecule has 1 unspecified atom stereocenters. The summed E-state index contributed by atoms with van der Waals surface area (Å²) in [6.45, 7) is 2.35. The van der Waals surface area contributed by atoms with E-state index >= 15 is 0 Å². The summed E-state index contributed by atoms with van der Waals surface area (Å²) in [7, 11) is 0. The van der Waals surface area contributed by atoms with Crippen LogP contribution in [-0.4, -0.2) is 17.9 Å². The number of nitrogens with two attached hydrogens (primary N) is 1. The smallest absolute Gasteiger partial charge is 0.230 e. The van der Waals surface area contributed by atoms with Crippen molar-refractivity contribution in [3.8, 4) is 0 Å². The Balaban J connectivity index is 1.55. The van der Waals surface area contributed by atoms with Gasteiger partial charge in [-0.3, -0.25) is 9.59 Å². The fourth-order valence-electron chi connectivity index (χ4n) is 3.16. The molecule has 5 nitrogen and oxygen atoms in total. The molecule has 1 fully saturated rings. The van der Waals surface area contributed by atoms with Crippen LogP contribution in [0.2, 0.25) is 0 Å². The number of hydrogen-bond donors (Lipinski definition) is 3. The van der Waals surface area contributed by atoms with Crippen LogP contribution < -0.4 is 16.4 Å². The van der Waals surface area contributed by atoms with Gasteiger partial charge in [-0.2, -0.15) is 0 Å². The minimum atomic E-state index is -0.447. The van der Waals surface area contributed by atoms with Crippen LogP contribution in [0.15, 0.2) is 54.6 Å². The Bertz CT molecular complexity index is 768. The molecule has 26 heavy (non-hydrogen) atoms. The highest BCUT2D eigenvalue weighted by Gasteiger charge is 2.51. The van der Waals surface area contributed by atoms with Crippen LogP contribution in [0.5, 0.6) is 0 Å². The van der Waals surface area contributed by atoms with Crippen molar-refractivity contribution in [1.29, 1.82) is 0 Å². The molecule has 5 heteroatoms. The van der Waals surface area contributed by atoms with Gasteiger partial charge in [0.15, 0.2) is 0 Å². The van der Waals surface area contributed by atoms with Crippen molar-refractivity contribution in [3.05, 3.63) is 65.7 Å². The van der Waals surface area contributed by atoms with E-state index in [4.69, 9.17) is 5.73 Å². The molecule has 4 N–H and O–H groups in total. The van der Waals surface area contributed by atoms with E-state index in [-0.39, 0.29) is 24.3 Å². The number of para-hydroxylation sites is 1. The first kappa shape index (κ1) is 18.1. The fraction of sp³-hybridized carbons (Fsp3) is 0.333. The van der Waals surface area contributed by atoms with Gasteiger partial charge in [0.05, 0.1) is 5.41 Å². The molecular weight excluding hydrogens is 326 g/mol. The second-order valence-corrected chi connectivity index (χ2v) is 6.98. The van der Waals surface area contributed by atoms with Gasteiger partial charge in [-0.05, 0) is 43.0 Å². The summed E-state index contributed by atoms with van der Waals surface area (Å²) in [5.74, 6) is -0.112. The first-order valence-corrected chi connectivity index (χ1v) is 8.99. The number of carbonyl (C=O) groups is 2. The molecule has 1 aliphatic rings. The van der Waals surface area contributed by atoms with Gasteiger partial charge in [-0.1, -0.05) is 42.5 Å². The average Bonchev–Trinajstić information content (AvgIpc) is 3.44. The number of anilines is 1. The number of rotatable bonds is 7. The predicted molar refractivity (Wildman–Crippen MR) is 103 cm³/mol. The summed E-state index contributed by atoms with van der Waals surface area (Å²) in [4.78, 5) is 24.9. The van der Waals surface area contributed by atoms with E-state index < -0.39 is 5.41 Å². The lowest BCUT2D eigenvalue weighted by molar-refractivity contribution is -0.124. The third-order valence-electron chi connectivity index (χ3n) is 4.85. The van der Waals surface area contributed by atoms with Gasteiger partial charge in [0.2, 0.25) is 11.8 Å². The van der Waals surface area contributed by atoms with E-state index in [9.17, 15) is 9.59 Å². The van der Waals surface area contributed by atoms with Crippen LogP contribution >= 0.6 is 0 Å². The zero-order chi connectivity index (χ0) is 18.6. The van der Waals surface area contributed by atoms with E-state index in [1.54, 1.807) is 0 Å². The van der Waals surface area contributed by atoms with Crippen molar-refractivity contribution in [1.82, 2.24) is 5.32 Å². The number of nitrogens with one attached hydrogen (secondary N) is 2. The molecule has 3 rings (SSSR count). The highest BCUT2D eigenvalue weighted by Crippen LogP contribution is 2.48. The maximum absolute atomic E-state index is 12.8. The molecule has 1 atom stereocenters. The van der Waals surface area contributed by atoms with Crippen molar-refractivity contribution < 1.29 is 9.59 Å². The van der Waals surface area contributed by atoms with E-state index in [2.05, 4.69) is 10.6 Å². The van der Waals surface area contributed by atoms with Crippen LogP contribution in [-0.2, 0) is 21.5 Å². The quantitative estimate of drug-likeness (QED) is 0.717. The standard InChI is InChI=1S/C21H25N3O2/c1-15(13-19(25)24-18-5-3-2-4-6-18)23-20(26)21(11-12-21)17-9-7-16(14-22)8-10-17/h2-10,15H,11-14,22H2,1H3,(H,23,26)(H,24,25). The van der Waals surface area contributed by atoms with Gasteiger partial charge in [-0.15, -0.1) is 0 Å². The summed E-state index contributed by atoms with van der Waals surface area (Å²) in [5, 5.41) is 5.84. The molecule has 2 amide bonds. The van der Waals surface area contributed by atoms with Crippen LogP contribution in [0.1, 0.15) is 37.3 Å². The molecule has 0 heterocycles. The van der Waals surface area contributed by atoms with Crippen LogP contribution in [0.3, 0.4) is 0 Å². The summed E-state index contributed by atoms with van der Waals surface area (Å²) in [5.41, 5.74) is 8.02. The maximum atomic E-state index is 12.8. The Morgan fingerprint density at radius 2 is 1.73 bits per heavy atom. The largest absolute Gasteiger partial charge is 0.352 e. The molecule has 1 saturated carbocycles. The van der Waals surface area contributed by atoms with E-state index in [1.807, 2.05) is 61.5 Å². The molecule has 0 spiro atoms. The molecule has 1 aliphatic carbocycles. The van der Waals surface area contributed by atoms with Crippen molar-refractivity contribution in [2.75, 3.05) is 5.32 Å². The van der Waals surface area contributed by atoms with Gasteiger partial charge in [0.25, 0.3) is 0 Å². The fourth-order valence-corrected chi connectivity index (χ4v) is 3.16.